The van der Waals surface area contributed by atoms with Crippen molar-refractivity contribution in [1.29, 1.82) is 0 Å². The Labute approximate surface area is 125 Å². The van der Waals surface area contributed by atoms with E-state index in [4.69, 9.17) is 5.73 Å². The number of likely N-dealkylation sites (N-methyl/N-ethyl adjacent to an activating group) is 1. The molecule has 0 radical (unpaired) electrons. The minimum Gasteiger partial charge on any atom is -0.397 e. The molecular formula is C13H22N4O3S. The number of sulfonamides is 1. The highest BCUT2D eigenvalue weighted by Gasteiger charge is 2.18. The normalized spacial score (nSPS) is 12.8. The molecule has 0 heterocycles. The third-order valence-corrected chi connectivity index (χ3v) is 4.40. The molecule has 118 valence electrons. The van der Waals surface area contributed by atoms with Gasteiger partial charge in [0.2, 0.25) is 15.9 Å². The van der Waals surface area contributed by atoms with Crippen LogP contribution in [0.3, 0.4) is 0 Å². The first-order valence-corrected chi connectivity index (χ1v) is 8.04. The van der Waals surface area contributed by atoms with Crippen LogP contribution in [0.15, 0.2) is 23.1 Å². The quantitative estimate of drug-likeness (QED) is 0.662. The Kier molecular flexibility index (Phi) is 5.56. The van der Waals surface area contributed by atoms with Crippen molar-refractivity contribution >= 4 is 27.3 Å². The van der Waals surface area contributed by atoms with Crippen molar-refractivity contribution in [3.63, 3.8) is 0 Å². The van der Waals surface area contributed by atoms with Crippen molar-refractivity contribution in [3.8, 4) is 0 Å². The maximum absolute atomic E-state index is 12.0. The van der Waals surface area contributed by atoms with E-state index in [9.17, 15) is 13.2 Å². The second-order valence-corrected chi connectivity index (χ2v) is 6.62. The summed E-state index contributed by atoms with van der Waals surface area (Å²) in [5.41, 5.74) is 6.62. The van der Waals surface area contributed by atoms with Gasteiger partial charge in [0, 0.05) is 20.6 Å². The van der Waals surface area contributed by atoms with Gasteiger partial charge in [0.05, 0.1) is 16.3 Å². The smallest absolute Gasteiger partial charge is 0.244 e. The fourth-order valence-electron chi connectivity index (χ4n) is 1.78. The summed E-state index contributed by atoms with van der Waals surface area (Å²) in [4.78, 5) is 13.4. The first-order valence-electron chi connectivity index (χ1n) is 6.56. The molecule has 0 bridgehead atoms. The van der Waals surface area contributed by atoms with Gasteiger partial charge in [-0.3, -0.25) is 4.79 Å². The van der Waals surface area contributed by atoms with Crippen LogP contribution in [0.25, 0.3) is 0 Å². The van der Waals surface area contributed by atoms with Gasteiger partial charge in [-0.1, -0.05) is 6.92 Å². The maximum Gasteiger partial charge on any atom is 0.244 e. The summed E-state index contributed by atoms with van der Waals surface area (Å²) >= 11 is 0. The van der Waals surface area contributed by atoms with Gasteiger partial charge in [-0.25, -0.2) is 13.1 Å². The summed E-state index contributed by atoms with van der Waals surface area (Å²) in [7, 11) is -0.265. The first-order chi connectivity index (χ1) is 9.69. The maximum atomic E-state index is 12.0. The van der Waals surface area contributed by atoms with E-state index >= 15 is 0 Å². The molecule has 1 rings (SSSR count). The van der Waals surface area contributed by atoms with Crippen LogP contribution >= 0.6 is 0 Å². The van der Waals surface area contributed by atoms with Crippen LogP contribution in [0.4, 0.5) is 11.4 Å². The molecule has 0 aliphatic heterocycles. The van der Waals surface area contributed by atoms with Gasteiger partial charge in [0.25, 0.3) is 0 Å². The molecule has 0 saturated heterocycles. The number of nitrogen functional groups attached to an aromatic ring is 1. The summed E-state index contributed by atoms with van der Waals surface area (Å²) in [5, 5.41) is 2.94. The van der Waals surface area contributed by atoms with E-state index in [1.165, 1.54) is 23.1 Å². The predicted octanol–water partition coefficient (Wildman–Crippen LogP) is 0.456. The molecule has 8 heteroatoms. The number of anilines is 2. The Balaban J connectivity index is 3.06. The number of carbonyl (C=O) groups is 1. The number of nitrogens with zero attached hydrogens (tertiary/aromatic N) is 1. The van der Waals surface area contributed by atoms with Gasteiger partial charge in [0.1, 0.15) is 6.04 Å². The molecule has 0 aliphatic carbocycles. The lowest BCUT2D eigenvalue weighted by Gasteiger charge is -2.20. The molecule has 1 amide bonds. The molecule has 1 atom stereocenters. The molecule has 7 nitrogen and oxygen atoms in total. The summed E-state index contributed by atoms with van der Waals surface area (Å²) in [6.07, 6.45) is 0. The SMILES string of the molecule is CCNS(=O)(=O)c1ccc(N)c(NC(C)C(=O)N(C)C)c1. The number of nitrogens with two attached hydrogens (primary N) is 1. The largest absolute Gasteiger partial charge is 0.397 e. The van der Waals surface area contributed by atoms with E-state index in [0.29, 0.717) is 17.9 Å². The van der Waals surface area contributed by atoms with Gasteiger partial charge in [-0.15, -0.1) is 0 Å². The summed E-state index contributed by atoms with van der Waals surface area (Å²) in [6, 6.07) is 3.84. The van der Waals surface area contributed by atoms with E-state index in [1.54, 1.807) is 27.9 Å². The van der Waals surface area contributed by atoms with Crippen LogP contribution < -0.4 is 15.8 Å². The number of rotatable bonds is 6. The number of hydrogen-bond donors (Lipinski definition) is 3. The molecule has 0 saturated carbocycles. The third kappa shape index (κ3) is 4.33. The van der Waals surface area contributed by atoms with E-state index in [0.717, 1.165) is 0 Å². The minimum absolute atomic E-state index is 0.102. The van der Waals surface area contributed by atoms with Gasteiger partial charge < -0.3 is 16.0 Å². The molecule has 1 aromatic carbocycles. The minimum atomic E-state index is -3.56. The van der Waals surface area contributed by atoms with Crippen LogP contribution in [-0.4, -0.2) is 45.9 Å². The summed E-state index contributed by atoms with van der Waals surface area (Å²) < 4.78 is 26.3. The third-order valence-electron chi connectivity index (χ3n) is 2.85. The van der Waals surface area contributed by atoms with Crippen molar-refractivity contribution < 1.29 is 13.2 Å². The average Bonchev–Trinajstić information content (AvgIpc) is 2.39. The Morgan fingerprint density at radius 3 is 2.52 bits per heavy atom. The van der Waals surface area contributed by atoms with Gasteiger partial charge in [-0.2, -0.15) is 0 Å². The van der Waals surface area contributed by atoms with Crippen LogP contribution in [0.2, 0.25) is 0 Å². The van der Waals surface area contributed by atoms with Crippen molar-refractivity contribution in [2.45, 2.75) is 24.8 Å². The summed E-state index contributed by atoms with van der Waals surface area (Å²) in [5.74, 6) is -0.130. The molecule has 0 fully saturated rings. The lowest BCUT2D eigenvalue weighted by Crippen LogP contribution is -2.36. The molecule has 21 heavy (non-hydrogen) atoms. The Bertz CT molecular complexity index is 614. The monoisotopic (exact) mass is 314 g/mol. The number of hydrogen-bond acceptors (Lipinski definition) is 5. The first kappa shape index (κ1) is 17.3. The zero-order chi connectivity index (χ0) is 16.2. The second-order valence-electron chi connectivity index (χ2n) is 4.85. The van der Waals surface area contributed by atoms with E-state index in [-0.39, 0.29) is 10.8 Å². The summed E-state index contributed by atoms with van der Waals surface area (Å²) in [6.45, 7) is 3.68. The van der Waals surface area contributed by atoms with E-state index in [1.807, 2.05) is 0 Å². The number of benzene rings is 1. The second kappa shape index (κ2) is 6.77. The van der Waals surface area contributed by atoms with Crippen LogP contribution in [0.1, 0.15) is 13.8 Å². The lowest BCUT2D eigenvalue weighted by molar-refractivity contribution is -0.129. The fourth-order valence-corrected chi connectivity index (χ4v) is 2.85. The molecule has 0 spiro atoms. The highest BCUT2D eigenvalue weighted by molar-refractivity contribution is 7.89. The highest BCUT2D eigenvalue weighted by atomic mass is 32.2. The molecule has 1 aromatic rings. The molecular weight excluding hydrogens is 292 g/mol. The van der Waals surface area contributed by atoms with Gasteiger partial charge in [-0.05, 0) is 25.1 Å². The van der Waals surface area contributed by atoms with Crippen LogP contribution in [-0.2, 0) is 14.8 Å². The predicted molar refractivity (Wildman–Crippen MR) is 83.5 cm³/mol. The number of nitrogens with one attached hydrogen (secondary N) is 2. The Hall–Kier alpha value is -1.80. The van der Waals surface area contributed by atoms with E-state index in [2.05, 4.69) is 10.0 Å². The molecule has 0 aromatic heterocycles. The molecule has 1 unspecified atom stereocenters. The van der Waals surface area contributed by atoms with Crippen molar-refractivity contribution in [2.24, 2.45) is 0 Å². The van der Waals surface area contributed by atoms with Crippen LogP contribution in [0, 0.1) is 0 Å². The standard InChI is InChI=1S/C13H22N4O3S/c1-5-15-21(19,20)10-6-7-11(14)12(8-10)16-9(2)13(18)17(3)4/h6-9,15-16H,5,14H2,1-4H3. The highest BCUT2D eigenvalue weighted by Crippen LogP contribution is 2.23. The Morgan fingerprint density at radius 1 is 1.38 bits per heavy atom. The topological polar surface area (TPSA) is 105 Å². The van der Waals surface area contributed by atoms with Gasteiger partial charge in [0.15, 0.2) is 0 Å². The zero-order valence-electron chi connectivity index (χ0n) is 12.7. The van der Waals surface area contributed by atoms with E-state index < -0.39 is 16.1 Å². The average molecular weight is 314 g/mol. The number of carbonyl (C=O) groups excluding carboxylic acids is 1. The molecule has 0 aliphatic rings. The number of amides is 1. The van der Waals surface area contributed by atoms with Crippen LogP contribution in [0.5, 0.6) is 0 Å². The fraction of sp³-hybridized carbons (Fsp3) is 0.462. The zero-order valence-corrected chi connectivity index (χ0v) is 13.5. The van der Waals surface area contributed by atoms with Gasteiger partial charge >= 0.3 is 0 Å². The van der Waals surface area contributed by atoms with Crippen molar-refractivity contribution in [2.75, 3.05) is 31.7 Å². The molecule has 4 N–H and O–H groups in total. The Morgan fingerprint density at radius 2 is 2.00 bits per heavy atom. The lowest BCUT2D eigenvalue weighted by atomic mass is 10.2. The van der Waals surface area contributed by atoms with Crippen molar-refractivity contribution in [1.82, 2.24) is 9.62 Å². The van der Waals surface area contributed by atoms with Crippen molar-refractivity contribution in [3.05, 3.63) is 18.2 Å².